The molecule has 0 aromatic heterocycles. The van der Waals surface area contributed by atoms with Crippen molar-refractivity contribution in [3.8, 4) is 0 Å². The molecule has 6 bridgehead atoms. The minimum absolute atomic E-state index is 0.485. The van der Waals surface area contributed by atoms with Gasteiger partial charge in [0.15, 0.2) is 25.2 Å². The number of aliphatic hydroxyl groups excluding tert-OH is 11. The first kappa shape index (κ1) is 32.6. The van der Waals surface area contributed by atoms with E-state index in [1.54, 1.807) is 0 Å². The number of hydrogen-bond donors (Lipinski definition) is 11. The molecule has 8 aliphatic rings. The first-order valence-corrected chi connectivity index (χ1v) is 13.5. The topological polar surface area (TPSA) is 296 Å². The molecule has 8 heterocycles. The molecule has 0 radical (unpaired) electrons. The molecule has 0 aromatic carbocycles. The molecule has 19 nitrogen and oxygen atoms in total. The first-order valence-electron chi connectivity index (χ1n) is 13.5. The van der Waals surface area contributed by atoms with Gasteiger partial charge in [-0.1, -0.05) is 0 Å². The van der Waals surface area contributed by atoms with Gasteiger partial charge in [-0.2, -0.15) is 0 Å². The van der Waals surface area contributed by atoms with Crippen LogP contribution in [0.15, 0.2) is 0 Å². The van der Waals surface area contributed by atoms with Gasteiger partial charge in [0, 0.05) is 0 Å². The zero-order valence-corrected chi connectivity index (χ0v) is 22.0. The summed E-state index contributed by atoms with van der Waals surface area (Å²) in [6.45, 7) is -2.93. The number of hydrogen-bond acceptors (Lipinski definition) is 19. The maximum absolute atomic E-state index is 11.0. The van der Waals surface area contributed by atoms with E-state index >= 15 is 0 Å². The van der Waals surface area contributed by atoms with Gasteiger partial charge in [-0.3, -0.25) is 0 Å². The normalized spacial score (nSPS) is 55.6. The van der Waals surface area contributed by atoms with Crippen LogP contribution in [0.25, 0.3) is 0 Å². The van der Waals surface area contributed by atoms with E-state index in [1.165, 1.54) is 0 Å². The molecule has 11 N–H and O–H groups in total. The molecule has 0 aliphatic carbocycles. The number of ether oxygens (including phenoxy) is 8. The summed E-state index contributed by atoms with van der Waals surface area (Å²) in [5, 5.41) is 116. The average Bonchev–Trinajstić information content (AvgIpc) is 2.98. The molecule has 8 fully saturated rings. The molecule has 0 spiro atoms. The van der Waals surface area contributed by atoms with Crippen molar-refractivity contribution in [3.63, 3.8) is 0 Å². The summed E-state index contributed by atoms with van der Waals surface area (Å²) in [7, 11) is 0. The van der Waals surface area contributed by atoms with Crippen molar-refractivity contribution in [2.24, 2.45) is 0 Å². The summed E-state index contributed by atoms with van der Waals surface area (Å²) < 4.78 is 44.8. The highest BCUT2D eigenvalue weighted by molar-refractivity contribution is 4.98. The smallest absolute Gasteiger partial charge is 0.187 e. The first-order chi connectivity index (χ1) is 20.0. The lowest BCUT2D eigenvalue weighted by atomic mass is 9.96. The Labute approximate surface area is 237 Å². The van der Waals surface area contributed by atoms with Gasteiger partial charge in [-0.05, 0) is 0 Å². The standard InChI is InChI=1S/C23H38O19/c24-1-6-9(28)10(29)19-23(36-6)41-18-8(3-26)37-21(13(32)12(18)31)39-16-5(27)4-35-20(15(16)34)40-17-7(2-25)38-22(42-19)14(33)11(17)30/h5-34H,1-4H2/t5-,6-,7-,8-,9-,10+,11-,12-,13+,14-,15-,16+,17-,18-,19-,20+,21+,22-,23-/m1/s1. The second-order valence-electron chi connectivity index (χ2n) is 10.8. The van der Waals surface area contributed by atoms with Crippen LogP contribution in [-0.4, -0.2) is 199 Å². The molecule has 19 heteroatoms. The Morgan fingerprint density at radius 3 is 1.33 bits per heavy atom. The number of rotatable bonds is 3. The summed E-state index contributed by atoms with van der Waals surface area (Å²) in [5.41, 5.74) is 0. The van der Waals surface area contributed by atoms with E-state index in [0.717, 1.165) is 0 Å². The molecular weight excluding hydrogens is 580 g/mol. The molecular formula is C23H38O19. The maximum atomic E-state index is 11.0. The van der Waals surface area contributed by atoms with Crippen LogP contribution in [0.2, 0.25) is 0 Å². The molecule has 8 aliphatic heterocycles. The lowest BCUT2D eigenvalue weighted by molar-refractivity contribution is -0.390. The van der Waals surface area contributed by atoms with Gasteiger partial charge >= 0.3 is 0 Å². The summed E-state index contributed by atoms with van der Waals surface area (Å²) in [4.78, 5) is 0. The van der Waals surface area contributed by atoms with Crippen molar-refractivity contribution >= 4 is 0 Å². The fourth-order valence-corrected chi connectivity index (χ4v) is 5.66. The fourth-order valence-electron chi connectivity index (χ4n) is 5.66. The molecule has 19 atom stereocenters. The molecule has 42 heavy (non-hydrogen) atoms. The average molecular weight is 619 g/mol. The molecule has 8 saturated heterocycles. The predicted octanol–water partition coefficient (Wildman–Crippen LogP) is -8.06. The molecule has 0 aromatic rings. The van der Waals surface area contributed by atoms with Gasteiger partial charge in [0.1, 0.15) is 91.6 Å². The SMILES string of the molecule is OC[C@H]1O[C@@H]2O[C@H]3[C@H](O)[C@H](O)[C@H](O[C@@H]4[C@@H](O)[C@@H](OC[C@H]4O)O[C@H]4[C@H](O)[C@@H](O)[C@@H](O[C@@H]2[C@@H](O)[C@@H]1O)O[C@@H]4CO)O[C@@H]3CO. The highest BCUT2D eigenvalue weighted by atomic mass is 16.8. The van der Waals surface area contributed by atoms with Gasteiger partial charge in [0.25, 0.3) is 0 Å². The molecule has 0 amide bonds. The lowest BCUT2D eigenvalue weighted by Crippen LogP contribution is -2.67. The second-order valence-corrected chi connectivity index (χ2v) is 10.8. The van der Waals surface area contributed by atoms with Gasteiger partial charge in [-0.15, -0.1) is 0 Å². The Morgan fingerprint density at radius 1 is 0.381 bits per heavy atom. The van der Waals surface area contributed by atoms with E-state index in [2.05, 4.69) is 0 Å². The summed E-state index contributed by atoms with van der Waals surface area (Å²) in [5.74, 6) is 0. The van der Waals surface area contributed by atoms with E-state index in [4.69, 9.17) is 37.9 Å². The van der Waals surface area contributed by atoms with Crippen molar-refractivity contribution in [3.05, 3.63) is 0 Å². The highest BCUT2D eigenvalue weighted by Crippen LogP contribution is 2.35. The minimum atomic E-state index is -1.94. The zero-order chi connectivity index (χ0) is 30.5. The maximum Gasteiger partial charge on any atom is 0.187 e. The molecule has 0 unspecified atom stereocenters. The monoisotopic (exact) mass is 618 g/mol. The van der Waals surface area contributed by atoms with Crippen molar-refractivity contribution in [2.45, 2.75) is 117 Å². The van der Waals surface area contributed by atoms with Gasteiger partial charge in [-0.25, -0.2) is 0 Å². The van der Waals surface area contributed by atoms with Crippen molar-refractivity contribution < 1.29 is 94.1 Å². The van der Waals surface area contributed by atoms with E-state index < -0.39 is 143 Å². The van der Waals surface area contributed by atoms with Crippen LogP contribution in [0.4, 0.5) is 0 Å². The van der Waals surface area contributed by atoms with E-state index in [0.29, 0.717) is 0 Å². The fraction of sp³-hybridized carbons (Fsp3) is 1.00. The van der Waals surface area contributed by atoms with Crippen LogP contribution in [0.1, 0.15) is 0 Å². The third kappa shape index (κ3) is 5.95. The lowest BCUT2D eigenvalue weighted by Gasteiger charge is -2.48. The van der Waals surface area contributed by atoms with Gasteiger partial charge < -0.3 is 94.1 Å². The quantitative estimate of drug-likeness (QED) is 0.140. The third-order valence-electron chi connectivity index (χ3n) is 8.06. The van der Waals surface area contributed by atoms with Crippen LogP contribution >= 0.6 is 0 Å². The van der Waals surface area contributed by atoms with Crippen molar-refractivity contribution in [2.75, 3.05) is 26.4 Å². The van der Waals surface area contributed by atoms with Crippen LogP contribution in [0.5, 0.6) is 0 Å². The van der Waals surface area contributed by atoms with Crippen molar-refractivity contribution in [1.29, 1.82) is 0 Å². The third-order valence-corrected chi connectivity index (χ3v) is 8.06. The summed E-state index contributed by atoms with van der Waals surface area (Å²) >= 11 is 0. The van der Waals surface area contributed by atoms with E-state index in [1.807, 2.05) is 0 Å². The Hall–Kier alpha value is -0.760. The Kier molecular flexibility index (Phi) is 10.3. The van der Waals surface area contributed by atoms with Gasteiger partial charge in [0.2, 0.25) is 0 Å². The Bertz CT molecular complexity index is 881. The molecule has 0 saturated carbocycles. The second kappa shape index (κ2) is 13.3. The van der Waals surface area contributed by atoms with Gasteiger partial charge in [0.05, 0.1) is 26.4 Å². The zero-order valence-electron chi connectivity index (χ0n) is 22.0. The van der Waals surface area contributed by atoms with Crippen molar-refractivity contribution in [1.82, 2.24) is 0 Å². The number of aliphatic hydroxyl groups is 11. The molecule has 244 valence electrons. The largest absolute Gasteiger partial charge is 0.394 e. The highest BCUT2D eigenvalue weighted by Gasteiger charge is 2.56. The summed E-state index contributed by atoms with van der Waals surface area (Å²) in [6.07, 6.45) is -32.5. The Morgan fingerprint density at radius 2 is 0.810 bits per heavy atom. The minimum Gasteiger partial charge on any atom is -0.394 e. The van der Waals surface area contributed by atoms with Crippen LogP contribution < -0.4 is 0 Å². The summed E-state index contributed by atoms with van der Waals surface area (Å²) in [6, 6.07) is 0. The van der Waals surface area contributed by atoms with Crippen LogP contribution in [-0.2, 0) is 37.9 Å². The Balaban J connectivity index is 1.53. The predicted molar refractivity (Wildman–Crippen MR) is 125 cm³/mol. The van der Waals surface area contributed by atoms with Crippen LogP contribution in [0.3, 0.4) is 0 Å². The van der Waals surface area contributed by atoms with Crippen LogP contribution in [0, 0.1) is 0 Å². The van der Waals surface area contributed by atoms with E-state index in [-0.39, 0.29) is 0 Å². The molecule has 8 rings (SSSR count). The van der Waals surface area contributed by atoms with E-state index in [9.17, 15) is 56.2 Å².